The fraction of sp³-hybridized carbons (Fsp3) is 0.571. The van der Waals surface area contributed by atoms with Crippen LogP contribution in [-0.2, 0) is 13.0 Å². The smallest absolute Gasteiger partial charge is 0.191 e. The molecule has 8 heteroatoms. The van der Waals surface area contributed by atoms with Crippen molar-refractivity contribution in [2.45, 2.75) is 31.8 Å². The van der Waals surface area contributed by atoms with E-state index in [1.807, 2.05) is 24.5 Å². The molecule has 0 aliphatic carbocycles. The minimum atomic E-state index is 0. The van der Waals surface area contributed by atoms with Gasteiger partial charge in [0.25, 0.3) is 0 Å². The molecular weight excluding hydrogens is 497 g/mol. The molecule has 2 N–H and O–H groups in total. The Morgan fingerprint density at radius 1 is 1.24 bits per heavy atom. The van der Waals surface area contributed by atoms with Crippen molar-refractivity contribution in [1.82, 2.24) is 20.4 Å². The van der Waals surface area contributed by atoms with Gasteiger partial charge in [-0.2, -0.15) is 0 Å². The van der Waals surface area contributed by atoms with Gasteiger partial charge < -0.3 is 15.1 Å². The number of aliphatic imine (C=N–C) groups is 1. The Bertz CT molecular complexity index is 757. The molecule has 2 aromatic heterocycles. The van der Waals surface area contributed by atoms with Crippen molar-refractivity contribution in [3.63, 3.8) is 0 Å². The lowest BCUT2D eigenvalue weighted by Crippen LogP contribution is -2.45. The molecule has 1 unspecified atom stereocenters. The first-order chi connectivity index (χ1) is 13.8. The van der Waals surface area contributed by atoms with Gasteiger partial charge in [0.1, 0.15) is 5.76 Å². The predicted octanol–water partition coefficient (Wildman–Crippen LogP) is 3.32. The summed E-state index contributed by atoms with van der Waals surface area (Å²) in [7, 11) is 1.84. The van der Waals surface area contributed by atoms with E-state index in [1.165, 1.54) is 24.8 Å². The van der Waals surface area contributed by atoms with E-state index in [0.29, 0.717) is 0 Å². The average molecular weight is 529 g/mol. The Hall–Kier alpha value is -1.10. The first kappa shape index (κ1) is 22.6. The predicted molar refractivity (Wildman–Crippen MR) is 130 cm³/mol. The van der Waals surface area contributed by atoms with E-state index in [2.05, 4.69) is 42.9 Å². The van der Waals surface area contributed by atoms with Crippen LogP contribution in [0.25, 0.3) is 0 Å². The second-order valence-electron chi connectivity index (χ2n) is 7.55. The molecular formula is C21H32IN5OS. The summed E-state index contributed by atoms with van der Waals surface area (Å²) in [6.45, 7) is 7.23. The lowest BCUT2D eigenvalue weighted by atomic mass is 10.1. The highest BCUT2D eigenvalue weighted by Crippen LogP contribution is 2.25. The summed E-state index contributed by atoms with van der Waals surface area (Å²) in [5, 5.41) is 9.20. The third-order valence-electron chi connectivity index (χ3n) is 5.75. The first-order valence-electron chi connectivity index (χ1n) is 10.3. The summed E-state index contributed by atoms with van der Waals surface area (Å²) in [5.74, 6) is 1.90. The second-order valence-corrected chi connectivity index (χ2v) is 8.55. The SMILES string of the molecule is CN=C(NCCN1CCc2sccc2C1)NCC(c1ccco1)N1CCCC1.I. The summed E-state index contributed by atoms with van der Waals surface area (Å²) in [5.41, 5.74) is 1.51. The van der Waals surface area contributed by atoms with E-state index < -0.39 is 0 Å². The summed E-state index contributed by atoms with van der Waals surface area (Å²) in [6, 6.07) is 6.58. The molecule has 1 fully saturated rings. The van der Waals surface area contributed by atoms with Gasteiger partial charge in [-0.15, -0.1) is 35.3 Å². The van der Waals surface area contributed by atoms with Crippen LogP contribution in [0.3, 0.4) is 0 Å². The Labute approximate surface area is 194 Å². The molecule has 4 heterocycles. The molecule has 6 nitrogen and oxygen atoms in total. The monoisotopic (exact) mass is 529 g/mol. The molecule has 0 bridgehead atoms. The number of halogens is 1. The Morgan fingerprint density at radius 2 is 2.10 bits per heavy atom. The number of thiophene rings is 1. The van der Waals surface area contributed by atoms with Crippen molar-refractivity contribution >= 4 is 41.3 Å². The zero-order valence-electron chi connectivity index (χ0n) is 17.1. The van der Waals surface area contributed by atoms with Gasteiger partial charge in [0, 0.05) is 44.6 Å². The number of nitrogens with zero attached hydrogens (tertiary/aromatic N) is 3. The van der Waals surface area contributed by atoms with Crippen LogP contribution in [0.1, 0.15) is 35.1 Å². The Balaban J connectivity index is 0.00000240. The van der Waals surface area contributed by atoms with E-state index in [0.717, 1.165) is 57.5 Å². The molecule has 0 spiro atoms. The third kappa shape index (κ3) is 5.96. The van der Waals surface area contributed by atoms with Gasteiger partial charge in [-0.05, 0) is 61.5 Å². The van der Waals surface area contributed by atoms with Crippen LogP contribution in [-0.4, -0.2) is 62.1 Å². The number of guanidine groups is 1. The average Bonchev–Trinajstić information content (AvgIpc) is 3.49. The normalized spacial score (nSPS) is 18.9. The molecule has 0 aromatic carbocycles. The molecule has 4 rings (SSSR count). The maximum absolute atomic E-state index is 5.71. The van der Waals surface area contributed by atoms with Crippen LogP contribution >= 0.6 is 35.3 Å². The zero-order chi connectivity index (χ0) is 19.2. The fourth-order valence-electron chi connectivity index (χ4n) is 4.19. The van der Waals surface area contributed by atoms with Gasteiger partial charge in [-0.25, -0.2) is 0 Å². The molecule has 0 radical (unpaired) electrons. The molecule has 29 heavy (non-hydrogen) atoms. The van der Waals surface area contributed by atoms with E-state index in [9.17, 15) is 0 Å². The lowest BCUT2D eigenvalue weighted by Gasteiger charge is -2.28. The Morgan fingerprint density at radius 3 is 2.86 bits per heavy atom. The summed E-state index contributed by atoms with van der Waals surface area (Å²) in [4.78, 5) is 11.0. The van der Waals surface area contributed by atoms with Gasteiger partial charge in [0.15, 0.2) is 5.96 Å². The number of nitrogens with one attached hydrogen (secondary N) is 2. The highest BCUT2D eigenvalue weighted by molar-refractivity contribution is 14.0. The van der Waals surface area contributed by atoms with Crippen LogP contribution in [0.15, 0.2) is 39.3 Å². The van der Waals surface area contributed by atoms with Crippen LogP contribution in [0.4, 0.5) is 0 Å². The molecule has 160 valence electrons. The van der Waals surface area contributed by atoms with Crippen molar-refractivity contribution in [2.75, 3.05) is 46.3 Å². The van der Waals surface area contributed by atoms with Gasteiger partial charge in [0.2, 0.25) is 0 Å². The molecule has 0 saturated carbocycles. The van der Waals surface area contributed by atoms with Crippen molar-refractivity contribution in [2.24, 2.45) is 4.99 Å². The minimum Gasteiger partial charge on any atom is -0.468 e. The molecule has 1 atom stereocenters. The van der Waals surface area contributed by atoms with Crippen LogP contribution in [0.2, 0.25) is 0 Å². The summed E-state index contributed by atoms with van der Waals surface area (Å²) in [6.07, 6.45) is 5.49. The number of hydrogen-bond acceptors (Lipinski definition) is 5. The molecule has 2 aromatic rings. The second kappa shape index (κ2) is 11.3. The number of fused-ring (bicyclic) bond motifs is 1. The maximum atomic E-state index is 5.71. The van der Waals surface area contributed by atoms with Gasteiger partial charge in [0.05, 0.1) is 12.3 Å². The largest absolute Gasteiger partial charge is 0.468 e. The van der Waals surface area contributed by atoms with Crippen molar-refractivity contribution in [3.05, 3.63) is 46.0 Å². The third-order valence-corrected chi connectivity index (χ3v) is 6.77. The maximum Gasteiger partial charge on any atom is 0.191 e. The van der Waals surface area contributed by atoms with E-state index in [4.69, 9.17) is 4.42 Å². The quantitative estimate of drug-likeness (QED) is 0.328. The number of furan rings is 1. The first-order valence-corrected chi connectivity index (χ1v) is 11.2. The van der Waals surface area contributed by atoms with Crippen LogP contribution in [0.5, 0.6) is 0 Å². The molecule has 1 saturated heterocycles. The van der Waals surface area contributed by atoms with Crippen LogP contribution < -0.4 is 10.6 Å². The molecule has 0 amide bonds. The van der Waals surface area contributed by atoms with Crippen molar-refractivity contribution in [3.8, 4) is 0 Å². The number of hydrogen-bond donors (Lipinski definition) is 2. The number of rotatable bonds is 7. The summed E-state index contributed by atoms with van der Waals surface area (Å²) >= 11 is 1.90. The summed E-state index contributed by atoms with van der Waals surface area (Å²) < 4.78 is 5.71. The zero-order valence-corrected chi connectivity index (χ0v) is 20.2. The fourth-order valence-corrected chi connectivity index (χ4v) is 5.08. The molecule has 2 aliphatic heterocycles. The van der Waals surface area contributed by atoms with Gasteiger partial charge >= 0.3 is 0 Å². The van der Waals surface area contributed by atoms with Crippen LogP contribution in [0, 0.1) is 0 Å². The highest BCUT2D eigenvalue weighted by Gasteiger charge is 2.25. The van der Waals surface area contributed by atoms with E-state index in [-0.39, 0.29) is 30.0 Å². The minimum absolute atomic E-state index is 0. The van der Waals surface area contributed by atoms with Crippen molar-refractivity contribution < 1.29 is 4.42 Å². The molecule has 2 aliphatic rings. The van der Waals surface area contributed by atoms with Crippen molar-refractivity contribution in [1.29, 1.82) is 0 Å². The number of likely N-dealkylation sites (tertiary alicyclic amines) is 1. The van der Waals surface area contributed by atoms with E-state index in [1.54, 1.807) is 11.1 Å². The van der Waals surface area contributed by atoms with Gasteiger partial charge in [-0.1, -0.05) is 0 Å². The van der Waals surface area contributed by atoms with Gasteiger partial charge in [-0.3, -0.25) is 14.8 Å². The topological polar surface area (TPSA) is 56.0 Å². The Kier molecular flexibility index (Phi) is 8.83. The highest BCUT2D eigenvalue weighted by atomic mass is 127. The van der Waals surface area contributed by atoms with E-state index >= 15 is 0 Å². The lowest BCUT2D eigenvalue weighted by molar-refractivity contribution is 0.215. The standard InChI is InChI=1S/C21H31N5OS.HI/c1-22-21(23-8-12-25-11-6-20-17(16-25)7-14-28-20)24-15-18(19-5-4-13-27-19)26-9-2-3-10-26;/h4-5,7,13-14,18H,2-3,6,8-12,15-16H2,1H3,(H2,22,23,24);1H.